The summed E-state index contributed by atoms with van der Waals surface area (Å²) < 4.78 is 1.81. The Hall–Kier alpha value is -1.40. The maximum atomic E-state index is 11.7. The summed E-state index contributed by atoms with van der Waals surface area (Å²) >= 11 is 0. The lowest BCUT2D eigenvalue weighted by Crippen LogP contribution is -2.38. The normalized spacial score (nSPS) is 11.4. The molecule has 0 aliphatic carbocycles. The van der Waals surface area contributed by atoms with Gasteiger partial charge in [-0.15, -0.1) is 0 Å². The fraction of sp³-hybridized carbons (Fsp3) is 0.714. The monoisotopic (exact) mass is 282 g/mol. The molecule has 0 radical (unpaired) electrons. The highest BCUT2D eigenvalue weighted by molar-refractivity contribution is 5.78. The van der Waals surface area contributed by atoms with Gasteiger partial charge >= 0.3 is 0 Å². The highest BCUT2D eigenvalue weighted by Gasteiger charge is 2.15. The van der Waals surface area contributed by atoms with E-state index in [1.54, 1.807) is 0 Å². The number of aliphatic hydroxyl groups is 1. The standard InChI is InChI=1S/C14H26N4O2/c1-10(2)15-14(20)9-17(5)8-13-11(3)16-18(6-7-19)12(13)4/h10,19H,6-9H2,1-5H3,(H,15,20). The van der Waals surface area contributed by atoms with Crippen molar-refractivity contribution in [2.45, 2.75) is 46.8 Å². The average Bonchev–Trinajstić information content (AvgIpc) is 2.56. The van der Waals surface area contributed by atoms with E-state index in [1.807, 2.05) is 44.3 Å². The molecule has 1 amide bonds. The molecule has 0 bridgehead atoms. The Morgan fingerprint density at radius 1 is 1.45 bits per heavy atom. The van der Waals surface area contributed by atoms with Gasteiger partial charge in [-0.05, 0) is 34.7 Å². The van der Waals surface area contributed by atoms with Crippen molar-refractivity contribution in [1.29, 1.82) is 0 Å². The lowest BCUT2D eigenvalue weighted by atomic mass is 10.2. The predicted molar refractivity (Wildman–Crippen MR) is 78.4 cm³/mol. The molecule has 1 aromatic rings. The molecule has 0 spiro atoms. The van der Waals surface area contributed by atoms with Crippen LogP contribution in [0.1, 0.15) is 30.8 Å². The molecule has 20 heavy (non-hydrogen) atoms. The van der Waals surface area contributed by atoms with Gasteiger partial charge in [0, 0.05) is 23.8 Å². The molecular formula is C14H26N4O2. The van der Waals surface area contributed by atoms with Crippen molar-refractivity contribution in [3.63, 3.8) is 0 Å². The molecule has 0 atom stereocenters. The molecule has 2 N–H and O–H groups in total. The van der Waals surface area contributed by atoms with Gasteiger partial charge < -0.3 is 10.4 Å². The second-order valence-electron chi connectivity index (χ2n) is 5.49. The number of rotatable bonds is 7. The van der Waals surface area contributed by atoms with Crippen LogP contribution in [0, 0.1) is 13.8 Å². The third-order valence-electron chi connectivity index (χ3n) is 3.13. The zero-order valence-corrected chi connectivity index (χ0v) is 13.1. The number of nitrogens with one attached hydrogen (secondary N) is 1. The van der Waals surface area contributed by atoms with E-state index in [4.69, 9.17) is 5.11 Å². The maximum absolute atomic E-state index is 11.7. The van der Waals surface area contributed by atoms with Crippen LogP contribution in [0.4, 0.5) is 0 Å². The van der Waals surface area contributed by atoms with Crippen molar-refractivity contribution in [1.82, 2.24) is 20.0 Å². The van der Waals surface area contributed by atoms with E-state index in [2.05, 4.69) is 10.4 Å². The van der Waals surface area contributed by atoms with Crippen LogP contribution in [0.2, 0.25) is 0 Å². The fourth-order valence-corrected chi connectivity index (χ4v) is 2.21. The van der Waals surface area contributed by atoms with Crippen LogP contribution in [-0.2, 0) is 17.9 Å². The molecule has 0 saturated heterocycles. The summed E-state index contributed by atoms with van der Waals surface area (Å²) in [5, 5.41) is 16.3. The molecule has 1 aromatic heterocycles. The summed E-state index contributed by atoms with van der Waals surface area (Å²) in [6.07, 6.45) is 0. The summed E-state index contributed by atoms with van der Waals surface area (Å²) in [6, 6.07) is 0.159. The quantitative estimate of drug-likeness (QED) is 0.762. The lowest BCUT2D eigenvalue weighted by Gasteiger charge is -2.17. The summed E-state index contributed by atoms with van der Waals surface area (Å²) in [6.45, 7) is 9.47. The number of carbonyl (C=O) groups is 1. The van der Waals surface area contributed by atoms with Gasteiger partial charge in [-0.1, -0.05) is 0 Å². The smallest absolute Gasteiger partial charge is 0.234 e. The number of aliphatic hydroxyl groups excluding tert-OH is 1. The van der Waals surface area contributed by atoms with Gasteiger partial charge in [0.2, 0.25) is 5.91 Å². The zero-order chi connectivity index (χ0) is 15.3. The Labute approximate surface area is 120 Å². The van der Waals surface area contributed by atoms with Crippen LogP contribution in [0.15, 0.2) is 0 Å². The first-order valence-electron chi connectivity index (χ1n) is 6.96. The van der Waals surface area contributed by atoms with Crippen LogP contribution in [0.3, 0.4) is 0 Å². The lowest BCUT2D eigenvalue weighted by molar-refractivity contribution is -0.122. The molecule has 0 aliphatic rings. The van der Waals surface area contributed by atoms with Crippen LogP contribution in [0.5, 0.6) is 0 Å². The Balaban J connectivity index is 2.66. The van der Waals surface area contributed by atoms with Crippen LogP contribution >= 0.6 is 0 Å². The largest absolute Gasteiger partial charge is 0.394 e. The first-order valence-corrected chi connectivity index (χ1v) is 6.96. The minimum absolute atomic E-state index is 0.0283. The minimum Gasteiger partial charge on any atom is -0.394 e. The highest BCUT2D eigenvalue weighted by Crippen LogP contribution is 2.14. The number of aromatic nitrogens is 2. The number of aryl methyl sites for hydroxylation is 1. The molecule has 0 aromatic carbocycles. The Bertz CT molecular complexity index is 454. The van der Waals surface area contributed by atoms with E-state index in [-0.39, 0.29) is 18.6 Å². The van der Waals surface area contributed by atoms with Crippen molar-refractivity contribution in [2.75, 3.05) is 20.2 Å². The Morgan fingerprint density at radius 3 is 2.65 bits per heavy atom. The summed E-state index contributed by atoms with van der Waals surface area (Å²) in [5.74, 6) is 0.0283. The highest BCUT2D eigenvalue weighted by atomic mass is 16.3. The van der Waals surface area contributed by atoms with Crippen molar-refractivity contribution in [2.24, 2.45) is 0 Å². The van der Waals surface area contributed by atoms with Crippen LogP contribution in [0.25, 0.3) is 0 Å². The van der Waals surface area contributed by atoms with Crippen molar-refractivity contribution < 1.29 is 9.90 Å². The molecule has 0 fully saturated rings. The number of hydrogen-bond acceptors (Lipinski definition) is 4. The van der Waals surface area contributed by atoms with Crippen molar-refractivity contribution in [3.05, 3.63) is 17.0 Å². The third kappa shape index (κ3) is 4.61. The summed E-state index contributed by atoms with van der Waals surface area (Å²) in [5.41, 5.74) is 3.12. The molecule has 0 unspecified atom stereocenters. The second-order valence-corrected chi connectivity index (χ2v) is 5.49. The number of amides is 1. The average molecular weight is 282 g/mol. The maximum Gasteiger partial charge on any atom is 0.234 e. The number of hydrogen-bond donors (Lipinski definition) is 2. The topological polar surface area (TPSA) is 70.4 Å². The molecular weight excluding hydrogens is 256 g/mol. The van der Waals surface area contributed by atoms with Crippen LogP contribution < -0.4 is 5.32 Å². The van der Waals surface area contributed by atoms with Gasteiger partial charge in [-0.25, -0.2) is 0 Å². The summed E-state index contributed by atoms with van der Waals surface area (Å²) in [7, 11) is 1.92. The van der Waals surface area contributed by atoms with E-state index in [0.717, 1.165) is 17.0 Å². The van der Waals surface area contributed by atoms with E-state index < -0.39 is 0 Å². The van der Waals surface area contributed by atoms with Gasteiger partial charge in [0.15, 0.2) is 0 Å². The molecule has 6 heteroatoms. The molecule has 0 saturated carbocycles. The van der Waals surface area contributed by atoms with Gasteiger partial charge in [-0.2, -0.15) is 5.10 Å². The molecule has 1 heterocycles. The van der Waals surface area contributed by atoms with Crippen molar-refractivity contribution >= 4 is 5.91 Å². The first kappa shape index (κ1) is 16.7. The summed E-state index contributed by atoms with van der Waals surface area (Å²) in [4.78, 5) is 13.7. The van der Waals surface area contributed by atoms with Gasteiger partial charge in [0.1, 0.15) is 0 Å². The predicted octanol–water partition coefficient (Wildman–Crippen LogP) is 0.449. The van der Waals surface area contributed by atoms with Crippen LogP contribution in [-0.4, -0.2) is 51.9 Å². The number of carbonyl (C=O) groups excluding carboxylic acids is 1. The van der Waals surface area contributed by atoms with Gasteiger partial charge in [0.05, 0.1) is 25.4 Å². The van der Waals surface area contributed by atoms with E-state index in [9.17, 15) is 4.79 Å². The second kappa shape index (κ2) is 7.40. The number of nitrogens with zero attached hydrogens (tertiary/aromatic N) is 3. The molecule has 114 valence electrons. The van der Waals surface area contributed by atoms with E-state index in [1.165, 1.54) is 0 Å². The Morgan fingerprint density at radius 2 is 2.10 bits per heavy atom. The number of likely N-dealkylation sites (N-methyl/N-ethyl adjacent to an activating group) is 1. The third-order valence-corrected chi connectivity index (χ3v) is 3.13. The van der Waals surface area contributed by atoms with Gasteiger partial charge in [-0.3, -0.25) is 14.4 Å². The Kier molecular flexibility index (Phi) is 6.16. The fourth-order valence-electron chi connectivity index (χ4n) is 2.21. The zero-order valence-electron chi connectivity index (χ0n) is 13.1. The van der Waals surface area contributed by atoms with E-state index >= 15 is 0 Å². The SMILES string of the molecule is Cc1nn(CCO)c(C)c1CN(C)CC(=O)NC(C)C. The molecule has 1 rings (SSSR count). The molecule has 6 nitrogen and oxygen atoms in total. The minimum atomic E-state index is 0.0283. The molecule has 0 aliphatic heterocycles. The first-order chi connectivity index (χ1) is 9.35. The van der Waals surface area contributed by atoms with E-state index in [0.29, 0.717) is 19.6 Å². The van der Waals surface area contributed by atoms with Gasteiger partial charge in [0.25, 0.3) is 0 Å². The van der Waals surface area contributed by atoms with Crippen molar-refractivity contribution in [3.8, 4) is 0 Å².